The molecule has 0 rings (SSSR count). The summed E-state index contributed by atoms with van der Waals surface area (Å²) in [5.41, 5.74) is 0. The zero-order valence-electron chi connectivity index (χ0n) is 15.1. The van der Waals surface area contributed by atoms with Crippen molar-refractivity contribution in [3.63, 3.8) is 0 Å². The first kappa shape index (κ1) is 22.1. The van der Waals surface area contributed by atoms with E-state index in [0.717, 1.165) is 18.9 Å². The molecule has 0 amide bonds. The van der Waals surface area contributed by atoms with Crippen LogP contribution in [0.5, 0.6) is 0 Å². The predicted octanol–water partition coefficient (Wildman–Crippen LogP) is 4.54. The van der Waals surface area contributed by atoms with Crippen molar-refractivity contribution in [3.8, 4) is 0 Å². The number of hydrogen-bond donors (Lipinski definition) is 1. The SMILES string of the molecule is CCO[Si](CCCCCCCCCCCO)(OCC)OCC. The van der Waals surface area contributed by atoms with Gasteiger partial charge in [0.1, 0.15) is 0 Å². The Kier molecular flexibility index (Phi) is 16.0. The van der Waals surface area contributed by atoms with Gasteiger partial charge in [0, 0.05) is 32.5 Å². The molecule has 0 unspecified atom stereocenters. The fourth-order valence-electron chi connectivity index (χ4n) is 2.69. The maximum absolute atomic E-state index is 8.72. The number of hydrogen-bond acceptors (Lipinski definition) is 4. The van der Waals surface area contributed by atoms with Crippen molar-refractivity contribution in [2.24, 2.45) is 0 Å². The quantitative estimate of drug-likeness (QED) is 0.313. The van der Waals surface area contributed by atoms with E-state index in [9.17, 15) is 0 Å². The van der Waals surface area contributed by atoms with Crippen LogP contribution in [0.4, 0.5) is 0 Å². The second kappa shape index (κ2) is 15.9. The monoisotopic (exact) mass is 334 g/mol. The van der Waals surface area contributed by atoms with E-state index in [1.54, 1.807) is 0 Å². The fraction of sp³-hybridized carbons (Fsp3) is 1.00. The lowest BCUT2D eigenvalue weighted by atomic mass is 10.1. The highest BCUT2D eigenvalue weighted by atomic mass is 28.4. The minimum Gasteiger partial charge on any atom is -0.396 e. The van der Waals surface area contributed by atoms with Crippen molar-refractivity contribution < 1.29 is 18.4 Å². The maximum Gasteiger partial charge on any atom is 0.500 e. The van der Waals surface area contributed by atoms with Gasteiger partial charge in [-0.3, -0.25) is 0 Å². The van der Waals surface area contributed by atoms with Gasteiger partial charge in [-0.25, -0.2) is 0 Å². The summed E-state index contributed by atoms with van der Waals surface area (Å²) < 4.78 is 17.6. The lowest BCUT2D eigenvalue weighted by Crippen LogP contribution is -2.45. The lowest BCUT2D eigenvalue weighted by molar-refractivity contribution is 0.0706. The Morgan fingerprint density at radius 2 is 0.955 bits per heavy atom. The third-order valence-corrected chi connectivity index (χ3v) is 6.89. The summed E-state index contributed by atoms with van der Waals surface area (Å²) in [7, 11) is -2.41. The van der Waals surface area contributed by atoms with Gasteiger partial charge < -0.3 is 18.4 Å². The van der Waals surface area contributed by atoms with E-state index in [0.29, 0.717) is 26.4 Å². The first-order chi connectivity index (χ1) is 10.7. The molecule has 0 aliphatic carbocycles. The molecule has 0 fully saturated rings. The first-order valence-electron chi connectivity index (χ1n) is 9.27. The summed E-state index contributed by atoms with van der Waals surface area (Å²) in [6.45, 7) is 8.37. The second-order valence-corrected chi connectivity index (χ2v) is 8.37. The van der Waals surface area contributed by atoms with Gasteiger partial charge in [-0.15, -0.1) is 0 Å². The highest BCUT2D eigenvalue weighted by molar-refractivity contribution is 6.60. The van der Waals surface area contributed by atoms with Crippen LogP contribution in [0.3, 0.4) is 0 Å². The molecule has 0 aromatic carbocycles. The molecule has 5 heteroatoms. The Morgan fingerprint density at radius 3 is 1.32 bits per heavy atom. The minimum absolute atomic E-state index is 0.338. The van der Waals surface area contributed by atoms with Crippen LogP contribution in [-0.4, -0.2) is 40.3 Å². The molecular weight excluding hydrogens is 296 g/mol. The van der Waals surface area contributed by atoms with Crippen LogP contribution in [0.1, 0.15) is 78.6 Å². The van der Waals surface area contributed by atoms with Crippen LogP contribution in [0, 0.1) is 0 Å². The van der Waals surface area contributed by atoms with E-state index in [2.05, 4.69) is 0 Å². The summed E-state index contributed by atoms with van der Waals surface area (Å²) in [6.07, 6.45) is 11.0. The van der Waals surface area contributed by atoms with Crippen LogP contribution < -0.4 is 0 Å². The standard InChI is InChI=1S/C17H38O4Si/c1-4-19-22(20-5-2,21-6-3)17-15-13-11-9-7-8-10-12-14-16-18/h18H,4-17H2,1-3H3. The van der Waals surface area contributed by atoms with Crippen LogP contribution in [0.2, 0.25) is 6.04 Å². The topological polar surface area (TPSA) is 47.9 Å². The Labute approximate surface area is 138 Å². The predicted molar refractivity (Wildman–Crippen MR) is 94.1 cm³/mol. The van der Waals surface area contributed by atoms with Gasteiger partial charge in [-0.1, -0.05) is 44.9 Å². The number of rotatable bonds is 17. The average molecular weight is 335 g/mol. The van der Waals surface area contributed by atoms with E-state index >= 15 is 0 Å². The Hall–Kier alpha value is 0.0569. The first-order valence-corrected chi connectivity index (χ1v) is 11.2. The number of unbranched alkanes of at least 4 members (excludes halogenated alkanes) is 8. The zero-order chi connectivity index (χ0) is 16.5. The molecule has 0 radical (unpaired) electrons. The zero-order valence-corrected chi connectivity index (χ0v) is 16.1. The summed E-state index contributed by atoms with van der Waals surface area (Å²) in [5.74, 6) is 0. The van der Waals surface area contributed by atoms with Gasteiger partial charge >= 0.3 is 8.80 Å². The minimum atomic E-state index is -2.41. The van der Waals surface area contributed by atoms with Crippen molar-refractivity contribution in [2.45, 2.75) is 84.6 Å². The van der Waals surface area contributed by atoms with E-state index in [1.165, 1.54) is 44.9 Å². The van der Waals surface area contributed by atoms with Crippen molar-refractivity contribution in [3.05, 3.63) is 0 Å². The smallest absolute Gasteiger partial charge is 0.396 e. The van der Waals surface area contributed by atoms with Gasteiger partial charge in [0.2, 0.25) is 0 Å². The van der Waals surface area contributed by atoms with E-state index in [4.69, 9.17) is 18.4 Å². The molecule has 0 atom stereocenters. The molecule has 134 valence electrons. The van der Waals surface area contributed by atoms with Crippen LogP contribution in [0.25, 0.3) is 0 Å². The van der Waals surface area contributed by atoms with Crippen molar-refractivity contribution in [2.75, 3.05) is 26.4 Å². The van der Waals surface area contributed by atoms with Crippen LogP contribution in [-0.2, 0) is 13.3 Å². The van der Waals surface area contributed by atoms with E-state index < -0.39 is 8.80 Å². The van der Waals surface area contributed by atoms with Crippen LogP contribution >= 0.6 is 0 Å². The Bertz CT molecular complexity index is 210. The summed E-state index contributed by atoms with van der Waals surface area (Å²) in [4.78, 5) is 0. The molecule has 0 heterocycles. The molecule has 0 aliphatic heterocycles. The highest BCUT2D eigenvalue weighted by Gasteiger charge is 2.39. The molecule has 22 heavy (non-hydrogen) atoms. The maximum atomic E-state index is 8.72. The number of aliphatic hydroxyl groups excluding tert-OH is 1. The van der Waals surface area contributed by atoms with Gasteiger partial charge in [0.05, 0.1) is 0 Å². The molecule has 4 nitrogen and oxygen atoms in total. The summed E-state index contributed by atoms with van der Waals surface area (Å²) >= 11 is 0. The molecule has 0 aromatic heterocycles. The molecule has 1 N–H and O–H groups in total. The second-order valence-electron chi connectivity index (χ2n) is 5.64. The van der Waals surface area contributed by atoms with E-state index in [1.807, 2.05) is 20.8 Å². The highest BCUT2D eigenvalue weighted by Crippen LogP contribution is 2.20. The third-order valence-electron chi connectivity index (χ3n) is 3.73. The number of aliphatic hydroxyl groups is 1. The van der Waals surface area contributed by atoms with Gasteiger partial charge in [-0.2, -0.15) is 0 Å². The van der Waals surface area contributed by atoms with Crippen molar-refractivity contribution >= 4 is 8.80 Å². The van der Waals surface area contributed by atoms with Gasteiger partial charge in [0.25, 0.3) is 0 Å². The van der Waals surface area contributed by atoms with Crippen molar-refractivity contribution in [1.82, 2.24) is 0 Å². The molecule has 0 aliphatic rings. The Morgan fingerprint density at radius 1 is 0.591 bits per heavy atom. The summed E-state index contributed by atoms with van der Waals surface area (Å²) in [6, 6.07) is 0.943. The molecule has 0 bridgehead atoms. The van der Waals surface area contributed by atoms with Gasteiger partial charge in [0.15, 0.2) is 0 Å². The largest absolute Gasteiger partial charge is 0.500 e. The molecule has 0 spiro atoms. The van der Waals surface area contributed by atoms with E-state index in [-0.39, 0.29) is 0 Å². The fourth-order valence-corrected chi connectivity index (χ4v) is 5.38. The normalized spacial score (nSPS) is 12.0. The van der Waals surface area contributed by atoms with Gasteiger partial charge in [-0.05, 0) is 33.6 Å². The average Bonchev–Trinajstić information content (AvgIpc) is 2.50. The van der Waals surface area contributed by atoms with Crippen molar-refractivity contribution in [1.29, 1.82) is 0 Å². The molecule has 0 saturated carbocycles. The molecule has 0 aromatic rings. The molecular formula is C17H38O4Si. The Balaban J connectivity index is 3.70. The molecule has 0 saturated heterocycles. The summed E-state index contributed by atoms with van der Waals surface area (Å²) in [5, 5.41) is 8.72. The van der Waals surface area contributed by atoms with Crippen LogP contribution in [0.15, 0.2) is 0 Å². The third kappa shape index (κ3) is 11.6. The lowest BCUT2D eigenvalue weighted by Gasteiger charge is -2.28.